The standard InChI is InChI=1S/C12H24BrN/c1-10(2)11-6-5-7-14(11)9-12(3,4)8-13/h10-11H,5-9H2,1-4H3. The van der Waals surface area contributed by atoms with E-state index in [1.807, 2.05) is 0 Å². The van der Waals surface area contributed by atoms with Crippen molar-refractivity contribution in [3.8, 4) is 0 Å². The molecule has 1 atom stereocenters. The molecule has 1 saturated heterocycles. The molecule has 1 aliphatic heterocycles. The molecule has 1 rings (SSSR count). The summed E-state index contributed by atoms with van der Waals surface area (Å²) < 4.78 is 0. The van der Waals surface area contributed by atoms with Gasteiger partial charge in [0, 0.05) is 17.9 Å². The van der Waals surface area contributed by atoms with Crippen LogP contribution in [0.2, 0.25) is 0 Å². The summed E-state index contributed by atoms with van der Waals surface area (Å²) in [6, 6.07) is 0.827. The lowest BCUT2D eigenvalue weighted by Crippen LogP contribution is -2.40. The van der Waals surface area contributed by atoms with E-state index in [1.165, 1.54) is 25.9 Å². The highest BCUT2D eigenvalue weighted by atomic mass is 79.9. The maximum absolute atomic E-state index is 3.61. The average molecular weight is 262 g/mol. The Bertz CT molecular complexity index is 177. The summed E-state index contributed by atoms with van der Waals surface area (Å²) in [5, 5.41) is 1.10. The smallest absolute Gasteiger partial charge is 0.0119 e. The molecule has 0 saturated carbocycles. The molecule has 2 heteroatoms. The minimum atomic E-state index is 0.414. The number of rotatable bonds is 4. The van der Waals surface area contributed by atoms with E-state index in [4.69, 9.17) is 0 Å². The molecule has 0 radical (unpaired) electrons. The topological polar surface area (TPSA) is 3.24 Å². The molecule has 1 nitrogen and oxygen atoms in total. The van der Waals surface area contributed by atoms with E-state index in [0.717, 1.165) is 17.3 Å². The van der Waals surface area contributed by atoms with Gasteiger partial charge in [0.2, 0.25) is 0 Å². The number of hydrogen-bond donors (Lipinski definition) is 0. The van der Waals surface area contributed by atoms with Gasteiger partial charge in [0.05, 0.1) is 0 Å². The van der Waals surface area contributed by atoms with Crippen LogP contribution < -0.4 is 0 Å². The summed E-state index contributed by atoms with van der Waals surface area (Å²) in [4.78, 5) is 2.69. The number of halogens is 1. The fourth-order valence-electron chi connectivity index (χ4n) is 2.40. The van der Waals surface area contributed by atoms with Crippen LogP contribution in [-0.2, 0) is 0 Å². The molecule has 0 aliphatic carbocycles. The fraction of sp³-hybridized carbons (Fsp3) is 1.00. The zero-order chi connectivity index (χ0) is 10.8. The normalized spacial score (nSPS) is 24.9. The third kappa shape index (κ3) is 3.23. The Kier molecular flexibility index (Phi) is 4.45. The van der Waals surface area contributed by atoms with E-state index < -0.39 is 0 Å². The second-order valence-electron chi connectivity index (χ2n) is 5.72. The largest absolute Gasteiger partial charge is 0.300 e. The van der Waals surface area contributed by atoms with Crippen molar-refractivity contribution >= 4 is 15.9 Å². The van der Waals surface area contributed by atoms with Crippen LogP contribution in [0.15, 0.2) is 0 Å². The fourth-order valence-corrected chi connectivity index (χ4v) is 2.57. The Morgan fingerprint density at radius 3 is 2.57 bits per heavy atom. The number of nitrogens with zero attached hydrogens (tertiary/aromatic N) is 1. The third-order valence-corrected chi connectivity index (χ3v) is 4.69. The number of hydrogen-bond acceptors (Lipinski definition) is 1. The van der Waals surface area contributed by atoms with Crippen LogP contribution in [0.4, 0.5) is 0 Å². The monoisotopic (exact) mass is 261 g/mol. The van der Waals surface area contributed by atoms with E-state index in [9.17, 15) is 0 Å². The van der Waals surface area contributed by atoms with Gasteiger partial charge < -0.3 is 0 Å². The predicted molar refractivity (Wildman–Crippen MR) is 67.0 cm³/mol. The van der Waals surface area contributed by atoms with Crippen molar-refractivity contribution in [3.63, 3.8) is 0 Å². The molecule has 0 amide bonds. The Morgan fingerprint density at radius 2 is 2.07 bits per heavy atom. The van der Waals surface area contributed by atoms with E-state index >= 15 is 0 Å². The van der Waals surface area contributed by atoms with E-state index in [-0.39, 0.29) is 0 Å². The van der Waals surface area contributed by atoms with Crippen LogP contribution in [0.5, 0.6) is 0 Å². The molecular formula is C12H24BrN. The molecule has 0 bridgehead atoms. The molecule has 1 aliphatic rings. The van der Waals surface area contributed by atoms with Gasteiger partial charge in [-0.2, -0.15) is 0 Å². The van der Waals surface area contributed by atoms with Gasteiger partial charge in [-0.1, -0.05) is 43.6 Å². The van der Waals surface area contributed by atoms with E-state index in [0.29, 0.717) is 5.41 Å². The van der Waals surface area contributed by atoms with Gasteiger partial charge in [-0.15, -0.1) is 0 Å². The molecule has 14 heavy (non-hydrogen) atoms. The number of alkyl halides is 1. The molecule has 0 spiro atoms. The van der Waals surface area contributed by atoms with Crippen LogP contribution in [-0.4, -0.2) is 29.4 Å². The lowest BCUT2D eigenvalue weighted by molar-refractivity contribution is 0.152. The molecule has 0 aromatic carbocycles. The SMILES string of the molecule is CC(C)C1CCCN1CC(C)(C)CBr. The van der Waals surface area contributed by atoms with Crippen LogP contribution in [0.3, 0.4) is 0 Å². The Morgan fingerprint density at radius 1 is 1.43 bits per heavy atom. The van der Waals surface area contributed by atoms with Gasteiger partial charge in [-0.25, -0.2) is 0 Å². The molecule has 1 heterocycles. The molecule has 0 aromatic rings. The van der Waals surface area contributed by atoms with Gasteiger partial charge in [0.1, 0.15) is 0 Å². The van der Waals surface area contributed by atoms with E-state index in [2.05, 4.69) is 48.5 Å². The van der Waals surface area contributed by atoms with Crippen LogP contribution in [0.1, 0.15) is 40.5 Å². The first-order valence-corrected chi connectivity index (χ1v) is 6.88. The highest BCUT2D eigenvalue weighted by Crippen LogP contribution is 2.28. The van der Waals surface area contributed by atoms with Crippen molar-refractivity contribution in [2.24, 2.45) is 11.3 Å². The summed E-state index contributed by atoms with van der Waals surface area (Å²) in [5.74, 6) is 0.809. The van der Waals surface area contributed by atoms with Gasteiger partial charge in [-0.3, -0.25) is 4.90 Å². The quantitative estimate of drug-likeness (QED) is 0.700. The first kappa shape index (κ1) is 12.5. The van der Waals surface area contributed by atoms with Crippen LogP contribution in [0, 0.1) is 11.3 Å². The first-order chi connectivity index (χ1) is 6.46. The van der Waals surface area contributed by atoms with Gasteiger partial charge >= 0.3 is 0 Å². The Labute approximate surface area is 97.4 Å². The van der Waals surface area contributed by atoms with Gasteiger partial charge in [0.15, 0.2) is 0 Å². The minimum Gasteiger partial charge on any atom is -0.300 e. The van der Waals surface area contributed by atoms with Crippen molar-refractivity contribution in [1.82, 2.24) is 4.90 Å². The molecular weight excluding hydrogens is 238 g/mol. The average Bonchev–Trinajstić information content (AvgIpc) is 2.51. The zero-order valence-electron chi connectivity index (χ0n) is 10.0. The third-order valence-electron chi connectivity index (χ3n) is 3.18. The second-order valence-corrected chi connectivity index (χ2v) is 6.28. The summed E-state index contributed by atoms with van der Waals surface area (Å²) >= 11 is 3.61. The molecule has 1 fully saturated rings. The Balaban J connectivity index is 2.51. The van der Waals surface area contributed by atoms with Crippen molar-refractivity contribution in [1.29, 1.82) is 0 Å². The summed E-state index contributed by atoms with van der Waals surface area (Å²) in [6.45, 7) is 11.9. The van der Waals surface area contributed by atoms with Gasteiger partial charge in [-0.05, 0) is 30.7 Å². The van der Waals surface area contributed by atoms with Crippen molar-refractivity contribution < 1.29 is 0 Å². The van der Waals surface area contributed by atoms with Crippen LogP contribution in [0.25, 0.3) is 0 Å². The van der Waals surface area contributed by atoms with Gasteiger partial charge in [0.25, 0.3) is 0 Å². The predicted octanol–water partition coefficient (Wildman–Crippen LogP) is 3.53. The lowest BCUT2D eigenvalue weighted by atomic mass is 9.94. The summed E-state index contributed by atoms with van der Waals surface area (Å²) in [5.41, 5.74) is 0.414. The maximum atomic E-state index is 3.61. The highest BCUT2D eigenvalue weighted by Gasteiger charge is 2.30. The summed E-state index contributed by atoms with van der Waals surface area (Å²) in [6.07, 6.45) is 2.79. The maximum Gasteiger partial charge on any atom is 0.0119 e. The van der Waals surface area contributed by atoms with Crippen molar-refractivity contribution in [2.45, 2.75) is 46.6 Å². The molecule has 0 aromatic heterocycles. The molecule has 84 valence electrons. The van der Waals surface area contributed by atoms with Crippen molar-refractivity contribution in [2.75, 3.05) is 18.4 Å². The summed E-state index contributed by atoms with van der Waals surface area (Å²) in [7, 11) is 0. The zero-order valence-corrected chi connectivity index (χ0v) is 11.6. The molecule has 1 unspecified atom stereocenters. The Hall–Kier alpha value is 0.440. The highest BCUT2D eigenvalue weighted by molar-refractivity contribution is 9.09. The van der Waals surface area contributed by atoms with E-state index in [1.54, 1.807) is 0 Å². The molecule has 0 N–H and O–H groups in total. The second kappa shape index (κ2) is 4.98. The first-order valence-electron chi connectivity index (χ1n) is 5.76. The lowest BCUT2D eigenvalue weighted by Gasteiger charge is -2.34. The minimum absolute atomic E-state index is 0.414. The van der Waals surface area contributed by atoms with Crippen LogP contribution >= 0.6 is 15.9 Å². The van der Waals surface area contributed by atoms with Crippen molar-refractivity contribution in [3.05, 3.63) is 0 Å². The number of likely N-dealkylation sites (tertiary alicyclic amines) is 1.